The Morgan fingerprint density at radius 2 is 2.11 bits per heavy atom. The van der Waals surface area contributed by atoms with Crippen molar-refractivity contribution in [1.29, 1.82) is 0 Å². The number of thiophene rings is 1. The first-order chi connectivity index (χ1) is 9.29. The Morgan fingerprint density at radius 3 is 2.84 bits per heavy atom. The molecule has 0 bridgehead atoms. The Hall–Kier alpha value is -2.01. The monoisotopic (exact) mass is 277 g/mol. The topological polar surface area (TPSA) is 47.6 Å². The molecule has 1 heterocycles. The average molecular weight is 277 g/mol. The van der Waals surface area contributed by atoms with E-state index in [1.807, 2.05) is 29.6 Å². The molecule has 0 fully saturated rings. The number of hydrogen-bond acceptors (Lipinski definition) is 4. The molecule has 0 saturated heterocycles. The third kappa shape index (κ3) is 3.99. The lowest BCUT2D eigenvalue weighted by atomic mass is 10.3. The normalized spacial score (nSPS) is 9.95. The van der Waals surface area contributed by atoms with E-state index in [4.69, 9.17) is 9.47 Å². The van der Waals surface area contributed by atoms with E-state index in [1.54, 1.807) is 19.2 Å². The molecule has 1 aromatic heterocycles. The van der Waals surface area contributed by atoms with Gasteiger partial charge in [-0.25, -0.2) is 0 Å². The molecule has 0 atom stereocenters. The van der Waals surface area contributed by atoms with Crippen molar-refractivity contribution in [3.05, 3.63) is 46.7 Å². The summed E-state index contributed by atoms with van der Waals surface area (Å²) in [6.45, 7) is 0.887. The molecule has 0 unspecified atom stereocenters. The molecule has 0 aliphatic carbocycles. The summed E-state index contributed by atoms with van der Waals surface area (Å²) in [7, 11) is 1.61. The van der Waals surface area contributed by atoms with Crippen molar-refractivity contribution in [3.63, 3.8) is 0 Å². The Bertz CT molecular complexity index is 525. The Kier molecular flexibility index (Phi) is 4.80. The van der Waals surface area contributed by atoms with E-state index in [-0.39, 0.29) is 5.91 Å². The first-order valence-corrected chi connectivity index (χ1v) is 6.76. The van der Waals surface area contributed by atoms with Crippen molar-refractivity contribution >= 4 is 17.2 Å². The molecule has 0 radical (unpaired) electrons. The van der Waals surface area contributed by atoms with Crippen LogP contribution in [0.2, 0.25) is 0 Å². The van der Waals surface area contributed by atoms with Gasteiger partial charge in [-0.3, -0.25) is 4.79 Å². The number of hydrogen-bond donors (Lipinski definition) is 1. The van der Waals surface area contributed by atoms with Gasteiger partial charge in [0.1, 0.15) is 18.1 Å². The van der Waals surface area contributed by atoms with Gasteiger partial charge in [-0.1, -0.05) is 12.1 Å². The zero-order valence-electron chi connectivity index (χ0n) is 10.6. The minimum Gasteiger partial charge on any atom is -0.497 e. The largest absolute Gasteiger partial charge is 0.497 e. The highest BCUT2D eigenvalue weighted by atomic mass is 32.1. The zero-order valence-corrected chi connectivity index (χ0v) is 11.4. The lowest BCUT2D eigenvalue weighted by Crippen LogP contribution is -2.27. The van der Waals surface area contributed by atoms with Gasteiger partial charge in [-0.05, 0) is 23.6 Å². The summed E-state index contributed by atoms with van der Waals surface area (Å²) in [4.78, 5) is 12.4. The Morgan fingerprint density at radius 1 is 1.26 bits per heavy atom. The number of benzene rings is 1. The van der Waals surface area contributed by atoms with Gasteiger partial charge in [0.05, 0.1) is 18.5 Å². The second-order valence-electron chi connectivity index (χ2n) is 3.76. The highest BCUT2D eigenvalue weighted by Crippen LogP contribution is 2.18. The van der Waals surface area contributed by atoms with Gasteiger partial charge >= 0.3 is 0 Å². The van der Waals surface area contributed by atoms with Crippen LogP contribution in [0.1, 0.15) is 9.67 Å². The van der Waals surface area contributed by atoms with Crippen molar-refractivity contribution < 1.29 is 14.3 Å². The minimum absolute atomic E-state index is 0.0655. The number of nitrogens with one attached hydrogen (secondary N) is 1. The zero-order chi connectivity index (χ0) is 13.5. The highest BCUT2D eigenvalue weighted by Gasteiger charge is 2.04. The van der Waals surface area contributed by atoms with Crippen LogP contribution in [0, 0.1) is 0 Å². The minimum atomic E-state index is -0.0655. The molecule has 0 spiro atoms. The average Bonchev–Trinajstić information content (AvgIpc) is 2.98. The molecular weight excluding hydrogens is 262 g/mol. The fourth-order valence-corrected chi connectivity index (χ4v) is 2.16. The van der Waals surface area contributed by atoms with E-state index in [2.05, 4.69) is 5.32 Å². The van der Waals surface area contributed by atoms with E-state index >= 15 is 0 Å². The number of rotatable bonds is 6. The van der Waals surface area contributed by atoms with Crippen LogP contribution in [-0.4, -0.2) is 26.2 Å². The van der Waals surface area contributed by atoms with E-state index < -0.39 is 0 Å². The summed E-state index contributed by atoms with van der Waals surface area (Å²) in [5.41, 5.74) is 0. The van der Waals surface area contributed by atoms with Gasteiger partial charge in [-0.2, -0.15) is 0 Å². The van der Waals surface area contributed by atoms with Crippen LogP contribution < -0.4 is 14.8 Å². The van der Waals surface area contributed by atoms with Gasteiger partial charge in [0.25, 0.3) is 5.91 Å². The molecule has 4 nitrogen and oxygen atoms in total. The molecule has 2 rings (SSSR count). The molecular formula is C14H15NO3S. The fraction of sp³-hybridized carbons (Fsp3) is 0.214. The van der Waals surface area contributed by atoms with Crippen molar-refractivity contribution in [2.45, 2.75) is 0 Å². The number of carbonyl (C=O) groups is 1. The Balaban J connectivity index is 1.73. The van der Waals surface area contributed by atoms with Gasteiger partial charge in [0, 0.05) is 6.07 Å². The SMILES string of the molecule is COc1cccc(OCCNC(=O)c2cccs2)c1. The summed E-state index contributed by atoms with van der Waals surface area (Å²) < 4.78 is 10.6. The molecule has 1 amide bonds. The maximum atomic E-state index is 11.6. The van der Waals surface area contributed by atoms with Crippen molar-refractivity contribution in [3.8, 4) is 11.5 Å². The highest BCUT2D eigenvalue weighted by molar-refractivity contribution is 7.12. The molecule has 1 aromatic carbocycles. The third-order valence-corrected chi connectivity index (χ3v) is 3.31. The third-order valence-electron chi connectivity index (χ3n) is 2.44. The van der Waals surface area contributed by atoms with Crippen LogP contribution in [0.4, 0.5) is 0 Å². The van der Waals surface area contributed by atoms with Crippen molar-refractivity contribution in [2.24, 2.45) is 0 Å². The van der Waals surface area contributed by atoms with Crippen LogP contribution in [-0.2, 0) is 0 Å². The maximum Gasteiger partial charge on any atom is 0.261 e. The molecule has 5 heteroatoms. The molecule has 19 heavy (non-hydrogen) atoms. The standard InChI is InChI=1S/C14H15NO3S/c1-17-11-4-2-5-12(10-11)18-8-7-15-14(16)13-6-3-9-19-13/h2-6,9-10H,7-8H2,1H3,(H,15,16). The van der Waals surface area contributed by atoms with Gasteiger partial charge < -0.3 is 14.8 Å². The molecule has 0 aliphatic heterocycles. The van der Waals surface area contributed by atoms with Crippen molar-refractivity contribution in [1.82, 2.24) is 5.32 Å². The van der Waals surface area contributed by atoms with Crippen LogP contribution >= 0.6 is 11.3 Å². The second-order valence-corrected chi connectivity index (χ2v) is 4.71. The molecule has 1 N–H and O–H groups in total. The van der Waals surface area contributed by atoms with Gasteiger partial charge in [-0.15, -0.1) is 11.3 Å². The molecule has 100 valence electrons. The Labute approximate surface area is 116 Å². The number of amides is 1. The maximum absolute atomic E-state index is 11.6. The number of ether oxygens (including phenoxy) is 2. The second kappa shape index (κ2) is 6.80. The van der Waals surface area contributed by atoms with Crippen LogP contribution in [0.3, 0.4) is 0 Å². The van der Waals surface area contributed by atoms with Gasteiger partial charge in [0.2, 0.25) is 0 Å². The lowest BCUT2D eigenvalue weighted by Gasteiger charge is -2.08. The predicted molar refractivity (Wildman–Crippen MR) is 75.1 cm³/mol. The summed E-state index contributed by atoms with van der Waals surface area (Å²) in [5.74, 6) is 1.41. The van der Waals surface area contributed by atoms with Crippen molar-refractivity contribution in [2.75, 3.05) is 20.3 Å². The van der Waals surface area contributed by atoms with E-state index in [0.717, 1.165) is 11.5 Å². The number of carbonyl (C=O) groups excluding carboxylic acids is 1. The summed E-state index contributed by atoms with van der Waals surface area (Å²) in [6.07, 6.45) is 0. The first-order valence-electron chi connectivity index (χ1n) is 5.88. The number of methoxy groups -OCH3 is 1. The molecule has 2 aromatic rings. The van der Waals surface area contributed by atoms with Gasteiger partial charge in [0.15, 0.2) is 0 Å². The van der Waals surface area contributed by atoms with E-state index in [1.165, 1.54) is 11.3 Å². The molecule has 0 saturated carbocycles. The predicted octanol–water partition coefficient (Wildman–Crippen LogP) is 2.57. The van der Waals surface area contributed by atoms with Crippen LogP contribution in [0.25, 0.3) is 0 Å². The summed E-state index contributed by atoms with van der Waals surface area (Å²) in [6, 6.07) is 11.0. The fourth-order valence-electron chi connectivity index (χ4n) is 1.52. The molecule has 0 aliphatic rings. The van der Waals surface area contributed by atoms with Crippen LogP contribution in [0.5, 0.6) is 11.5 Å². The quantitative estimate of drug-likeness (QED) is 0.826. The first kappa shape index (κ1) is 13.4. The smallest absolute Gasteiger partial charge is 0.261 e. The summed E-state index contributed by atoms with van der Waals surface area (Å²) in [5, 5.41) is 4.68. The summed E-state index contributed by atoms with van der Waals surface area (Å²) >= 11 is 1.42. The lowest BCUT2D eigenvalue weighted by molar-refractivity contribution is 0.0951. The van der Waals surface area contributed by atoms with E-state index in [9.17, 15) is 4.79 Å². The van der Waals surface area contributed by atoms with Crippen LogP contribution in [0.15, 0.2) is 41.8 Å². The van der Waals surface area contributed by atoms with E-state index in [0.29, 0.717) is 18.0 Å².